The summed E-state index contributed by atoms with van der Waals surface area (Å²) in [4.78, 5) is 2.27. The van der Waals surface area contributed by atoms with Crippen molar-refractivity contribution in [2.45, 2.75) is 25.4 Å². The molecule has 3 rings (SSSR count). The number of benzene rings is 1. The van der Waals surface area contributed by atoms with Crippen molar-refractivity contribution in [3.8, 4) is 5.69 Å². The molecule has 1 aromatic carbocycles. The van der Waals surface area contributed by atoms with Crippen molar-refractivity contribution >= 4 is 0 Å². The van der Waals surface area contributed by atoms with Gasteiger partial charge in [-0.15, -0.1) is 5.10 Å². The smallest absolute Gasteiger partial charge is 0.170 e. The molecule has 0 bridgehead atoms. The summed E-state index contributed by atoms with van der Waals surface area (Å²) in [5.41, 5.74) is 1.000. The molecule has 20 heavy (non-hydrogen) atoms. The molecule has 0 radical (unpaired) electrons. The molecule has 2 aromatic rings. The van der Waals surface area contributed by atoms with Crippen LogP contribution in [0.15, 0.2) is 30.3 Å². The third-order valence-corrected chi connectivity index (χ3v) is 3.64. The minimum absolute atomic E-state index is 0.598. The molecule has 106 valence electrons. The van der Waals surface area contributed by atoms with Crippen LogP contribution in [0.1, 0.15) is 18.7 Å². The Morgan fingerprint density at radius 3 is 2.95 bits per heavy atom. The zero-order chi connectivity index (χ0) is 13.8. The van der Waals surface area contributed by atoms with Gasteiger partial charge in [0.15, 0.2) is 5.82 Å². The van der Waals surface area contributed by atoms with Crippen LogP contribution < -0.4 is 5.32 Å². The van der Waals surface area contributed by atoms with Crippen LogP contribution in [0.3, 0.4) is 0 Å². The van der Waals surface area contributed by atoms with E-state index < -0.39 is 0 Å². The molecule has 0 amide bonds. The van der Waals surface area contributed by atoms with Crippen molar-refractivity contribution in [1.82, 2.24) is 30.4 Å². The maximum Gasteiger partial charge on any atom is 0.170 e. The second-order valence-electron chi connectivity index (χ2n) is 5.33. The lowest BCUT2D eigenvalue weighted by atomic mass is 10.2. The summed E-state index contributed by atoms with van der Waals surface area (Å²) in [6, 6.07) is 10.6. The summed E-state index contributed by atoms with van der Waals surface area (Å²) in [7, 11) is 2.12. The standard InChI is InChI=1S/C14H20N6/c1-19(10-12-6-5-9-15-12)11-14-16-17-18-20(14)13-7-3-2-4-8-13/h2-4,7-8,12,15H,5-6,9-11H2,1H3. The first kappa shape index (κ1) is 13.2. The van der Waals surface area contributed by atoms with Crippen LogP contribution in [0.2, 0.25) is 0 Å². The maximum absolute atomic E-state index is 4.15. The minimum atomic E-state index is 0.598. The average molecular weight is 272 g/mol. The Morgan fingerprint density at radius 1 is 1.35 bits per heavy atom. The van der Waals surface area contributed by atoms with Gasteiger partial charge in [0.2, 0.25) is 0 Å². The summed E-state index contributed by atoms with van der Waals surface area (Å²) in [5, 5.41) is 15.5. The fourth-order valence-electron chi connectivity index (χ4n) is 2.67. The van der Waals surface area contributed by atoms with E-state index in [4.69, 9.17) is 0 Å². The Kier molecular flexibility index (Phi) is 4.03. The van der Waals surface area contributed by atoms with Crippen LogP contribution in [0.5, 0.6) is 0 Å². The van der Waals surface area contributed by atoms with Gasteiger partial charge in [-0.05, 0) is 49.0 Å². The molecule has 1 aromatic heterocycles. The van der Waals surface area contributed by atoms with Gasteiger partial charge in [0.1, 0.15) is 0 Å². The predicted octanol–water partition coefficient (Wildman–Crippen LogP) is 0.846. The second kappa shape index (κ2) is 6.11. The predicted molar refractivity (Wildman–Crippen MR) is 76.5 cm³/mol. The Labute approximate surface area is 118 Å². The zero-order valence-electron chi connectivity index (χ0n) is 11.7. The monoisotopic (exact) mass is 272 g/mol. The molecule has 1 atom stereocenters. The lowest BCUT2D eigenvalue weighted by molar-refractivity contribution is 0.284. The first-order chi connectivity index (χ1) is 9.83. The Balaban J connectivity index is 1.67. The van der Waals surface area contributed by atoms with E-state index in [1.807, 2.05) is 30.3 Å². The fourth-order valence-corrected chi connectivity index (χ4v) is 2.67. The van der Waals surface area contributed by atoms with E-state index in [-0.39, 0.29) is 0 Å². The normalized spacial score (nSPS) is 18.8. The average Bonchev–Trinajstić information content (AvgIpc) is 3.11. The van der Waals surface area contributed by atoms with Crippen molar-refractivity contribution in [2.24, 2.45) is 0 Å². The van der Waals surface area contributed by atoms with Gasteiger partial charge >= 0.3 is 0 Å². The summed E-state index contributed by atoms with van der Waals surface area (Å²) in [6.07, 6.45) is 2.54. The van der Waals surface area contributed by atoms with Crippen LogP contribution in [-0.4, -0.2) is 51.3 Å². The van der Waals surface area contributed by atoms with Crippen LogP contribution >= 0.6 is 0 Å². The van der Waals surface area contributed by atoms with Gasteiger partial charge in [0.05, 0.1) is 12.2 Å². The van der Waals surface area contributed by atoms with Gasteiger partial charge in [-0.2, -0.15) is 4.68 Å². The van der Waals surface area contributed by atoms with Crippen LogP contribution in [0.25, 0.3) is 5.69 Å². The van der Waals surface area contributed by atoms with E-state index in [1.165, 1.54) is 12.8 Å². The highest BCUT2D eigenvalue weighted by molar-refractivity contribution is 5.30. The molecule has 0 spiro atoms. The van der Waals surface area contributed by atoms with Crippen LogP contribution in [0, 0.1) is 0 Å². The Morgan fingerprint density at radius 2 is 2.20 bits per heavy atom. The topological polar surface area (TPSA) is 58.9 Å². The molecule has 1 fully saturated rings. The molecule has 6 heteroatoms. The summed E-state index contributed by atoms with van der Waals surface area (Å²) >= 11 is 0. The first-order valence-electron chi connectivity index (χ1n) is 7.07. The van der Waals surface area contributed by atoms with E-state index in [0.29, 0.717) is 6.04 Å². The Bertz CT molecular complexity index is 532. The fraction of sp³-hybridized carbons (Fsp3) is 0.500. The highest BCUT2D eigenvalue weighted by atomic mass is 15.5. The Hall–Kier alpha value is -1.79. The summed E-state index contributed by atoms with van der Waals surface area (Å²) in [5.74, 6) is 0.872. The molecule has 1 saturated heterocycles. The molecule has 1 aliphatic rings. The molecule has 1 aliphatic heterocycles. The summed E-state index contributed by atoms with van der Waals surface area (Å²) in [6.45, 7) is 2.92. The molecule has 6 nitrogen and oxygen atoms in total. The van der Waals surface area contributed by atoms with E-state index in [2.05, 4.69) is 32.8 Å². The van der Waals surface area contributed by atoms with Gasteiger partial charge in [-0.25, -0.2) is 0 Å². The number of aromatic nitrogens is 4. The molecular formula is C14H20N6. The number of hydrogen-bond acceptors (Lipinski definition) is 5. The van der Waals surface area contributed by atoms with Gasteiger partial charge in [0.25, 0.3) is 0 Å². The number of nitrogens with zero attached hydrogens (tertiary/aromatic N) is 5. The largest absolute Gasteiger partial charge is 0.313 e. The highest BCUT2D eigenvalue weighted by Crippen LogP contribution is 2.10. The third-order valence-electron chi connectivity index (χ3n) is 3.64. The quantitative estimate of drug-likeness (QED) is 0.874. The van der Waals surface area contributed by atoms with E-state index in [0.717, 1.165) is 31.1 Å². The minimum Gasteiger partial charge on any atom is -0.313 e. The van der Waals surface area contributed by atoms with Gasteiger partial charge < -0.3 is 5.32 Å². The van der Waals surface area contributed by atoms with Crippen molar-refractivity contribution < 1.29 is 0 Å². The number of tetrazole rings is 1. The van der Waals surface area contributed by atoms with Gasteiger partial charge in [0, 0.05) is 12.6 Å². The highest BCUT2D eigenvalue weighted by Gasteiger charge is 2.17. The lowest BCUT2D eigenvalue weighted by Crippen LogP contribution is -2.35. The van der Waals surface area contributed by atoms with Gasteiger partial charge in [-0.3, -0.25) is 4.90 Å². The zero-order valence-corrected chi connectivity index (χ0v) is 11.7. The number of rotatable bonds is 5. The molecule has 1 unspecified atom stereocenters. The second-order valence-corrected chi connectivity index (χ2v) is 5.33. The number of para-hydroxylation sites is 1. The van der Waals surface area contributed by atoms with Crippen LogP contribution in [0.4, 0.5) is 0 Å². The van der Waals surface area contributed by atoms with Crippen molar-refractivity contribution in [3.05, 3.63) is 36.2 Å². The molecule has 1 N–H and O–H groups in total. The van der Waals surface area contributed by atoms with Crippen LogP contribution in [-0.2, 0) is 6.54 Å². The maximum atomic E-state index is 4.15. The van der Waals surface area contributed by atoms with Gasteiger partial charge in [-0.1, -0.05) is 18.2 Å². The first-order valence-corrected chi connectivity index (χ1v) is 7.07. The molecular weight excluding hydrogens is 252 g/mol. The summed E-state index contributed by atoms with van der Waals surface area (Å²) < 4.78 is 1.80. The molecule has 0 aliphatic carbocycles. The van der Waals surface area contributed by atoms with Crippen molar-refractivity contribution in [1.29, 1.82) is 0 Å². The SMILES string of the molecule is CN(Cc1nnnn1-c1ccccc1)CC1CCCN1. The van der Waals surface area contributed by atoms with E-state index in [1.54, 1.807) is 4.68 Å². The van der Waals surface area contributed by atoms with Crippen molar-refractivity contribution in [3.63, 3.8) is 0 Å². The van der Waals surface area contributed by atoms with E-state index in [9.17, 15) is 0 Å². The number of nitrogens with one attached hydrogen (secondary N) is 1. The third kappa shape index (κ3) is 3.02. The lowest BCUT2D eigenvalue weighted by Gasteiger charge is -2.20. The number of likely N-dealkylation sites (N-methyl/N-ethyl adjacent to an activating group) is 1. The van der Waals surface area contributed by atoms with Crippen molar-refractivity contribution in [2.75, 3.05) is 20.1 Å². The molecule has 2 heterocycles. The molecule has 0 saturated carbocycles. The number of hydrogen-bond donors (Lipinski definition) is 1. The van der Waals surface area contributed by atoms with E-state index >= 15 is 0 Å².